The second-order valence-corrected chi connectivity index (χ2v) is 9.22. The quantitative estimate of drug-likeness (QED) is 0.538. The van der Waals surface area contributed by atoms with Crippen LogP contribution in [-0.2, 0) is 4.74 Å². The highest BCUT2D eigenvalue weighted by molar-refractivity contribution is 5.84. The Balaban J connectivity index is 1.21. The lowest BCUT2D eigenvalue weighted by molar-refractivity contribution is -0.00151. The molecule has 3 aliphatic heterocycles. The van der Waals surface area contributed by atoms with E-state index in [9.17, 15) is 9.18 Å². The molecule has 3 fully saturated rings. The summed E-state index contributed by atoms with van der Waals surface area (Å²) in [6.45, 7) is 4.12. The van der Waals surface area contributed by atoms with E-state index < -0.39 is 6.09 Å². The molecule has 2 aromatic carbocycles. The van der Waals surface area contributed by atoms with Crippen molar-refractivity contribution in [1.29, 1.82) is 0 Å². The van der Waals surface area contributed by atoms with Crippen molar-refractivity contribution in [2.75, 3.05) is 32.1 Å². The highest BCUT2D eigenvalue weighted by Gasteiger charge is 2.42. The summed E-state index contributed by atoms with van der Waals surface area (Å²) in [5, 5.41) is 2.77. The van der Waals surface area contributed by atoms with Crippen molar-refractivity contribution < 1.29 is 18.7 Å². The van der Waals surface area contributed by atoms with E-state index in [1.54, 1.807) is 43.5 Å². The summed E-state index contributed by atoms with van der Waals surface area (Å²) in [4.78, 5) is 24.1. The van der Waals surface area contributed by atoms with Crippen LogP contribution in [-0.4, -0.2) is 53.8 Å². The van der Waals surface area contributed by atoms with Crippen LogP contribution in [0.1, 0.15) is 30.3 Å². The first-order chi connectivity index (χ1) is 17.0. The number of methoxy groups -OCH3 is 1. The van der Waals surface area contributed by atoms with Gasteiger partial charge in [-0.15, -0.1) is 0 Å². The number of rotatable bonds is 6. The number of benzene rings is 2. The topological polar surface area (TPSA) is 76.6 Å². The maximum atomic E-state index is 13.4. The molecule has 7 nitrogen and oxygen atoms in total. The Bertz CT molecular complexity index is 1190. The predicted molar refractivity (Wildman–Crippen MR) is 131 cm³/mol. The zero-order chi connectivity index (χ0) is 24.4. The molecule has 1 N–H and O–H groups in total. The van der Waals surface area contributed by atoms with E-state index >= 15 is 0 Å². The van der Waals surface area contributed by atoms with E-state index in [0.29, 0.717) is 30.0 Å². The molecule has 8 heteroatoms. The first-order valence-corrected chi connectivity index (χ1v) is 11.9. The summed E-state index contributed by atoms with van der Waals surface area (Å²) < 4.78 is 24.1. The van der Waals surface area contributed by atoms with E-state index in [1.165, 1.54) is 12.1 Å². The van der Waals surface area contributed by atoms with Crippen molar-refractivity contribution in [1.82, 2.24) is 14.9 Å². The number of hydrogen-bond acceptors (Lipinski definition) is 6. The average molecular weight is 477 g/mol. The summed E-state index contributed by atoms with van der Waals surface area (Å²) >= 11 is 0. The van der Waals surface area contributed by atoms with Crippen LogP contribution in [0.25, 0.3) is 11.3 Å². The minimum atomic E-state index is -0.454. The van der Waals surface area contributed by atoms with Crippen LogP contribution in [0.3, 0.4) is 0 Å². The molecule has 6 rings (SSSR count). The average Bonchev–Trinajstić information content (AvgIpc) is 2.88. The standard InChI is InChI=1S/C27H29FN4O3/c1-17-29-25(18-3-5-20(28)6-4-18)14-26(30-17)24-15-32-12-11-19(24)13-22(32)16-35-27(33)31-21-7-9-23(34-2)10-8-21/h3-10,14,19,22,24H,11-13,15-16H2,1-2H3,(H,31,33). The van der Waals surface area contributed by atoms with E-state index in [1.807, 2.05) is 13.0 Å². The van der Waals surface area contributed by atoms with Crippen LogP contribution in [0.5, 0.6) is 5.75 Å². The van der Waals surface area contributed by atoms with Gasteiger partial charge in [0.15, 0.2) is 0 Å². The van der Waals surface area contributed by atoms with Gasteiger partial charge < -0.3 is 9.47 Å². The van der Waals surface area contributed by atoms with Crippen LogP contribution < -0.4 is 10.1 Å². The number of aromatic nitrogens is 2. The van der Waals surface area contributed by atoms with Gasteiger partial charge in [-0.25, -0.2) is 19.2 Å². The van der Waals surface area contributed by atoms with Crippen LogP contribution in [0.15, 0.2) is 54.6 Å². The summed E-state index contributed by atoms with van der Waals surface area (Å²) in [6.07, 6.45) is 1.59. The Morgan fingerprint density at radius 3 is 2.60 bits per heavy atom. The third-order valence-electron chi connectivity index (χ3n) is 7.00. The molecule has 0 aliphatic carbocycles. The fourth-order valence-corrected chi connectivity index (χ4v) is 5.20. The number of nitrogens with zero attached hydrogens (tertiary/aromatic N) is 3. The van der Waals surface area contributed by atoms with Crippen molar-refractivity contribution >= 4 is 11.8 Å². The minimum absolute atomic E-state index is 0.200. The largest absolute Gasteiger partial charge is 0.497 e. The number of halogens is 1. The van der Waals surface area contributed by atoms with E-state index in [4.69, 9.17) is 14.5 Å². The maximum Gasteiger partial charge on any atom is 0.411 e. The number of ether oxygens (including phenoxy) is 2. The van der Waals surface area contributed by atoms with Crippen LogP contribution in [0.4, 0.5) is 14.9 Å². The van der Waals surface area contributed by atoms with Gasteiger partial charge in [-0.1, -0.05) is 0 Å². The molecule has 182 valence electrons. The number of amides is 1. The molecule has 1 amide bonds. The normalized spacial score (nSPS) is 23.1. The van der Waals surface area contributed by atoms with Gasteiger partial charge in [0.25, 0.3) is 0 Å². The van der Waals surface area contributed by atoms with Gasteiger partial charge in [0.1, 0.15) is 24.0 Å². The monoisotopic (exact) mass is 476 g/mol. The second kappa shape index (κ2) is 10.00. The Morgan fingerprint density at radius 2 is 1.91 bits per heavy atom. The molecule has 4 atom stereocenters. The summed E-state index contributed by atoms with van der Waals surface area (Å²) in [5.41, 5.74) is 3.40. The number of piperidine rings is 3. The smallest absolute Gasteiger partial charge is 0.411 e. The molecule has 3 saturated heterocycles. The van der Waals surface area contributed by atoms with Crippen LogP contribution >= 0.6 is 0 Å². The Labute approximate surface area is 204 Å². The SMILES string of the molecule is COc1ccc(NC(=O)OCC2CC3CCN2CC3c2cc(-c3ccc(F)cc3)nc(C)n2)cc1. The molecular formula is C27H29FN4O3. The Kier molecular flexibility index (Phi) is 6.63. The molecule has 2 bridgehead atoms. The molecule has 1 aromatic heterocycles. The maximum absolute atomic E-state index is 13.4. The number of aryl methyl sites for hydroxylation is 1. The highest BCUT2D eigenvalue weighted by Crippen LogP contribution is 2.42. The molecular weight excluding hydrogens is 447 g/mol. The zero-order valence-electron chi connectivity index (χ0n) is 19.9. The molecule has 35 heavy (non-hydrogen) atoms. The molecule has 4 unspecified atom stereocenters. The molecule has 0 spiro atoms. The number of carbonyl (C=O) groups is 1. The summed E-state index contributed by atoms with van der Waals surface area (Å²) in [6, 6.07) is 15.8. The van der Waals surface area contributed by atoms with E-state index in [-0.39, 0.29) is 11.9 Å². The molecule has 4 heterocycles. The van der Waals surface area contributed by atoms with Crippen molar-refractivity contribution in [3.8, 4) is 17.0 Å². The minimum Gasteiger partial charge on any atom is -0.497 e. The van der Waals surface area contributed by atoms with Crippen molar-refractivity contribution in [3.05, 3.63) is 71.9 Å². The van der Waals surface area contributed by atoms with Crippen LogP contribution in [0, 0.1) is 18.7 Å². The van der Waals surface area contributed by atoms with Crippen molar-refractivity contribution in [3.63, 3.8) is 0 Å². The number of carbonyl (C=O) groups excluding carboxylic acids is 1. The molecule has 3 aromatic rings. The fraction of sp³-hybridized carbons (Fsp3) is 0.370. The van der Waals surface area contributed by atoms with E-state index in [2.05, 4.69) is 15.2 Å². The molecule has 3 aliphatic rings. The third-order valence-corrected chi connectivity index (χ3v) is 7.00. The fourth-order valence-electron chi connectivity index (χ4n) is 5.20. The first-order valence-electron chi connectivity index (χ1n) is 11.9. The Hall–Kier alpha value is -3.52. The lowest BCUT2D eigenvalue weighted by Gasteiger charge is -2.49. The van der Waals surface area contributed by atoms with Gasteiger partial charge in [0.2, 0.25) is 0 Å². The summed E-state index contributed by atoms with van der Waals surface area (Å²) in [7, 11) is 1.60. The number of nitrogens with one attached hydrogen (secondary N) is 1. The predicted octanol–water partition coefficient (Wildman–Crippen LogP) is 5.03. The molecule has 0 saturated carbocycles. The van der Waals surface area contributed by atoms with Gasteiger partial charge >= 0.3 is 6.09 Å². The zero-order valence-corrected chi connectivity index (χ0v) is 19.9. The van der Waals surface area contributed by atoms with Gasteiger partial charge in [-0.05, 0) is 86.8 Å². The van der Waals surface area contributed by atoms with Crippen molar-refractivity contribution in [2.24, 2.45) is 5.92 Å². The number of hydrogen-bond donors (Lipinski definition) is 1. The van der Waals surface area contributed by atoms with Gasteiger partial charge in [0.05, 0.1) is 12.8 Å². The lowest BCUT2D eigenvalue weighted by Crippen LogP contribution is -2.54. The second-order valence-electron chi connectivity index (χ2n) is 9.22. The number of anilines is 1. The Morgan fingerprint density at radius 1 is 1.14 bits per heavy atom. The van der Waals surface area contributed by atoms with Crippen LogP contribution in [0.2, 0.25) is 0 Å². The summed E-state index contributed by atoms with van der Waals surface area (Å²) in [5.74, 6) is 1.95. The number of fused-ring (bicyclic) bond motifs is 3. The van der Waals surface area contributed by atoms with Gasteiger partial charge in [-0.2, -0.15) is 0 Å². The molecule has 0 radical (unpaired) electrons. The first kappa shape index (κ1) is 23.2. The highest BCUT2D eigenvalue weighted by atomic mass is 19.1. The van der Waals surface area contributed by atoms with Gasteiger partial charge in [-0.3, -0.25) is 10.2 Å². The van der Waals surface area contributed by atoms with Gasteiger partial charge in [0, 0.05) is 35.4 Å². The lowest BCUT2D eigenvalue weighted by atomic mass is 9.74. The van der Waals surface area contributed by atoms with Crippen molar-refractivity contribution in [2.45, 2.75) is 31.7 Å². The van der Waals surface area contributed by atoms with E-state index in [0.717, 1.165) is 48.6 Å². The third kappa shape index (κ3) is 5.27.